The largest absolute Gasteiger partial charge is 0.149 e. The van der Waals surface area contributed by atoms with E-state index in [9.17, 15) is 0 Å². The highest BCUT2D eigenvalue weighted by atomic mass is 32.1. The summed E-state index contributed by atoms with van der Waals surface area (Å²) in [4.78, 5) is 1.53. The molecule has 0 nitrogen and oxygen atoms in total. The Labute approximate surface area is 66.9 Å². The summed E-state index contributed by atoms with van der Waals surface area (Å²) in [7, 11) is 0. The van der Waals surface area contributed by atoms with Crippen molar-refractivity contribution in [3.63, 3.8) is 0 Å². The summed E-state index contributed by atoms with van der Waals surface area (Å²) >= 11 is 1.87. The lowest BCUT2D eigenvalue weighted by atomic mass is 10.1. The van der Waals surface area contributed by atoms with Crippen molar-refractivity contribution in [2.45, 2.75) is 32.6 Å². The zero-order valence-corrected chi connectivity index (χ0v) is 7.45. The van der Waals surface area contributed by atoms with Gasteiger partial charge in [0.05, 0.1) is 0 Å². The van der Waals surface area contributed by atoms with Crippen LogP contribution in [-0.4, -0.2) is 0 Å². The van der Waals surface area contributed by atoms with Gasteiger partial charge in [-0.1, -0.05) is 26.3 Å². The average Bonchev–Trinajstić information content (AvgIpc) is 2.38. The Morgan fingerprint density at radius 2 is 2.40 bits per heavy atom. The average molecular weight is 154 g/mol. The van der Waals surface area contributed by atoms with Gasteiger partial charge < -0.3 is 0 Å². The van der Waals surface area contributed by atoms with Crippen LogP contribution in [0.25, 0.3) is 0 Å². The monoisotopic (exact) mass is 154 g/mol. The second-order valence-corrected chi connectivity index (χ2v) is 3.68. The van der Waals surface area contributed by atoms with Crippen molar-refractivity contribution in [3.05, 3.63) is 22.4 Å². The Hall–Kier alpha value is -0.300. The van der Waals surface area contributed by atoms with Gasteiger partial charge in [-0.2, -0.15) is 0 Å². The zero-order valence-electron chi connectivity index (χ0n) is 6.63. The zero-order chi connectivity index (χ0) is 7.40. The van der Waals surface area contributed by atoms with Crippen molar-refractivity contribution in [2.24, 2.45) is 0 Å². The Kier molecular flexibility index (Phi) is 2.94. The predicted octanol–water partition coefficient (Wildman–Crippen LogP) is 3.65. The normalized spacial score (nSPS) is 13.4. The number of hydrogen-bond acceptors (Lipinski definition) is 1. The fourth-order valence-corrected chi connectivity index (χ4v) is 1.97. The lowest BCUT2D eigenvalue weighted by Gasteiger charge is -2.05. The van der Waals surface area contributed by atoms with Crippen molar-refractivity contribution in [1.82, 2.24) is 0 Å². The molecule has 1 heteroatoms. The van der Waals surface area contributed by atoms with E-state index in [-0.39, 0.29) is 0 Å². The van der Waals surface area contributed by atoms with Gasteiger partial charge in [0.25, 0.3) is 0 Å². The van der Waals surface area contributed by atoms with Crippen LogP contribution in [-0.2, 0) is 0 Å². The van der Waals surface area contributed by atoms with E-state index in [0.29, 0.717) is 0 Å². The van der Waals surface area contributed by atoms with Gasteiger partial charge in [0.1, 0.15) is 0 Å². The minimum absolute atomic E-state index is 0.769. The molecule has 56 valence electrons. The molecule has 1 aromatic rings. The van der Waals surface area contributed by atoms with Gasteiger partial charge in [0.2, 0.25) is 0 Å². The van der Waals surface area contributed by atoms with Crippen LogP contribution in [0.15, 0.2) is 17.5 Å². The van der Waals surface area contributed by atoms with Crippen LogP contribution in [0.1, 0.15) is 37.5 Å². The van der Waals surface area contributed by atoms with Gasteiger partial charge in [-0.25, -0.2) is 0 Å². The fourth-order valence-electron chi connectivity index (χ4n) is 1.15. The van der Waals surface area contributed by atoms with Gasteiger partial charge >= 0.3 is 0 Å². The maximum absolute atomic E-state index is 2.30. The Morgan fingerprint density at radius 1 is 1.60 bits per heavy atom. The fraction of sp³-hybridized carbons (Fsp3) is 0.556. The van der Waals surface area contributed by atoms with Crippen LogP contribution in [0, 0.1) is 0 Å². The first-order valence-electron chi connectivity index (χ1n) is 3.88. The molecule has 0 aliphatic rings. The number of rotatable bonds is 3. The first-order chi connectivity index (χ1) is 4.84. The summed E-state index contributed by atoms with van der Waals surface area (Å²) in [5, 5.41) is 2.15. The van der Waals surface area contributed by atoms with E-state index in [1.807, 2.05) is 11.3 Å². The van der Waals surface area contributed by atoms with E-state index in [1.165, 1.54) is 17.7 Å². The number of thiophene rings is 1. The van der Waals surface area contributed by atoms with Crippen LogP contribution in [0.3, 0.4) is 0 Å². The molecule has 0 fully saturated rings. The summed E-state index contributed by atoms with van der Waals surface area (Å²) in [5.41, 5.74) is 0. The van der Waals surface area contributed by atoms with E-state index in [4.69, 9.17) is 0 Å². The van der Waals surface area contributed by atoms with Crippen molar-refractivity contribution in [2.75, 3.05) is 0 Å². The Balaban J connectivity index is 2.50. The molecule has 0 saturated carbocycles. The molecule has 0 aliphatic heterocycles. The molecule has 0 aromatic carbocycles. The first kappa shape index (κ1) is 7.80. The van der Waals surface area contributed by atoms with Crippen molar-refractivity contribution < 1.29 is 0 Å². The van der Waals surface area contributed by atoms with Crippen LogP contribution in [0.4, 0.5) is 0 Å². The standard InChI is InChI=1S/C9H14S/c1-3-5-8(2)9-6-4-7-10-9/h4,6-8H,3,5H2,1-2H3/t8-/m1/s1. The molecule has 0 amide bonds. The third kappa shape index (κ3) is 1.84. The molecule has 0 aliphatic carbocycles. The Morgan fingerprint density at radius 3 is 2.90 bits per heavy atom. The maximum Gasteiger partial charge on any atom is 0.00734 e. The van der Waals surface area contributed by atoms with E-state index in [2.05, 4.69) is 31.4 Å². The summed E-state index contributed by atoms with van der Waals surface area (Å²) in [5.74, 6) is 0.769. The highest BCUT2D eigenvalue weighted by Gasteiger charge is 2.03. The predicted molar refractivity (Wildman–Crippen MR) is 47.6 cm³/mol. The molecule has 1 rings (SSSR count). The molecular formula is C9H14S. The molecule has 0 saturated heterocycles. The van der Waals surface area contributed by atoms with Crippen LogP contribution in [0.5, 0.6) is 0 Å². The smallest absolute Gasteiger partial charge is 0.00734 e. The minimum atomic E-state index is 0.769. The molecule has 0 bridgehead atoms. The highest BCUT2D eigenvalue weighted by molar-refractivity contribution is 7.10. The molecule has 0 N–H and O–H groups in total. The molecule has 10 heavy (non-hydrogen) atoms. The number of hydrogen-bond donors (Lipinski definition) is 0. The molecule has 0 unspecified atom stereocenters. The SMILES string of the molecule is CCC[C@@H](C)c1cccs1. The van der Waals surface area contributed by atoms with Crippen molar-refractivity contribution in [1.29, 1.82) is 0 Å². The highest BCUT2D eigenvalue weighted by Crippen LogP contribution is 2.24. The lowest BCUT2D eigenvalue weighted by molar-refractivity contribution is 0.675. The van der Waals surface area contributed by atoms with Gasteiger partial charge in [-0.05, 0) is 23.8 Å². The van der Waals surface area contributed by atoms with E-state index in [0.717, 1.165) is 5.92 Å². The molecule has 1 aromatic heterocycles. The summed E-state index contributed by atoms with van der Waals surface area (Å²) in [6.45, 7) is 4.54. The quantitative estimate of drug-likeness (QED) is 0.623. The lowest BCUT2D eigenvalue weighted by Crippen LogP contribution is -1.87. The van der Waals surface area contributed by atoms with Crippen molar-refractivity contribution in [3.8, 4) is 0 Å². The van der Waals surface area contributed by atoms with E-state index < -0.39 is 0 Å². The molecular weight excluding hydrogens is 140 g/mol. The first-order valence-corrected chi connectivity index (χ1v) is 4.76. The summed E-state index contributed by atoms with van der Waals surface area (Å²) in [6, 6.07) is 4.36. The molecule has 1 atom stereocenters. The third-order valence-corrected chi connectivity index (χ3v) is 2.85. The Bertz CT molecular complexity index is 165. The van der Waals surface area contributed by atoms with Gasteiger partial charge in [-0.3, -0.25) is 0 Å². The topological polar surface area (TPSA) is 0 Å². The van der Waals surface area contributed by atoms with Crippen molar-refractivity contribution >= 4 is 11.3 Å². The van der Waals surface area contributed by atoms with Crippen LogP contribution >= 0.6 is 11.3 Å². The second kappa shape index (κ2) is 3.77. The van der Waals surface area contributed by atoms with Crippen LogP contribution < -0.4 is 0 Å². The maximum atomic E-state index is 2.30. The van der Waals surface area contributed by atoms with Gasteiger partial charge in [0, 0.05) is 4.88 Å². The third-order valence-electron chi connectivity index (χ3n) is 1.75. The molecule has 1 heterocycles. The van der Waals surface area contributed by atoms with Crippen LogP contribution in [0.2, 0.25) is 0 Å². The van der Waals surface area contributed by atoms with E-state index in [1.54, 1.807) is 0 Å². The van der Waals surface area contributed by atoms with Gasteiger partial charge in [-0.15, -0.1) is 11.3 Å². The summed E-state index contributed by atoms with van der Waals surface area (Å²) < 4.78 is 0. The van der Waals surface area contributed by atoms with Gasteiger partial charge in [0.15, 0.2) is 0 Å². The molecule has 0 spiro atoms. The molecule has 0 radical (unpaired) electrons. The minimum Gasteiger partial charge on any atom is -0.149 e. The summed E-state index contributed by atoms with van der Waals surface area (Å²) in [6.07, 6.45) is 2.61. The van der Waals surface area contributed by atoms with E-state index >= 15 is 0 Å². The second-order valence-electron chi connectivity index (χ2n) is 2.71.